The first-order chi connectivity index (χ1) is 15.6. The molecule has 2 atom stereocenters. The van der Waals surface area contributed by atoms with Crippen molar-refractivity contribution in [3.8, 4) is 23.0 Å². The van der Waals surface area contributed by atoms with Gasteiger partial charge in [-0.25, -0.2) is 0 Å². The van der Waals surface area contributed by atoms with Crippen LogP contribution in [-0.4, -0.2) is 64.8 Å². The number of hydrogen-bond donors (Lipinski definition) is 0. The zero-order valence-electron chi connectivity index (χ0n) is 18.2. The molecule has 0 N–H and O–H groups in total. The number of hydrogen-bond acceptors (Lipinski definition) is 7. The molecule has 3 aromatic rings. The largest absolute Gasteiger partial charge is 0.485 e. The van der Waals surface area contributed by atoms with Crippen LogP contribution in [0.2, 0.25) is 0 Å². The zero-order valence-corrected chi connectivity index (χ0v) is 18.2. The molecule has 1 amide bonds. The molecule has 0 unspecified atom stereocenters. The van der Waals surface area contributed by atoms with Gasteiger partial charge in [0.2, 0.25) is 17.9 Å². The Morgan fingerprint density at radius 3 is 2.47 bits per heavy atom. The third-order valence-electron chi connectivity index (χ3n) is 6.05. The van der Waals surface area contributed by atoms with Crippen molar-refractivity contribution < 1.29 is 18.7 Å². The highest BCUT2D eigenvalue weighted by Crippen LogP contribution is 2.31. The van der Waals surface area contributed by atoms with Gasteiger partial charge in [0.05, 0.1) is 6.04 Å². The normalized spacial score (nSPS) is 19.6. The summed E-state index contributed by atoms with van der Waals surface area (Å²) in [4.78, 5) is 17.1. The van der Waals surface area contributed by atoms with Crippen LogP contribution in [0, 0.1) is 6.92 Å². The van der Waals surface area contributed by atoms with Crippen molar-refractivity contribution in [3.05, 3.63) is 60.0 Å². The average molecular weight is 434 g/mol. The minimum absolute atomic E-state index is 0.0277. The number of nitrogens with zero attached hydrogens (tertiary/aromatic N) is 4. The summed E-state index contributed by atoms with van der Waals surface area (Å²) < 4.78 is 17.5. The fourth-order valence-electron chi connectivity index (χ4n) is 4.05. The van der Waals surface area contributed by atoms with E-state index >= 15 is 0 Å². The first-order valence-corrected chi connectivity index (χ1v) is 10.9. The fraction of sp³-hybridized carbons (Fsp3) is 0.375. The number of carbonyl (C=O) groups is 1. The van der Waals surface area contributed by atoms with Crippen molar-refractivity contribution in [2.75, 3.05) is 32.8 Å². The average Bonchev–Trinajstić information content (AvgIpc) is 3.34. The first kappa shape index (κ1) is 20.5. The molecule has 8 heteroatoms. The fourth-order valence-corrected chi connectivity index (χ4v) is 4.05. The molecule has 0 bridgehead atoms. The standard InChI is InChI=1S/C24H26N4O4/c1-16-7-9-18(10-8-16)23-26-25-22(32-23)17(2)27-11-13-28(14-12-27)24(29)21-15-30-19-5-3-4-6-20(19)31-21/h3-10,17,21H,11-15H2,1-2H3/t17-,21+/m1/s1. The number of fused-ring (bicyclic) bond motifs is 1. The van der Waals surface area contributed by atoms with Crippen LogP contribution in [-0.2, 0) is 4.79 Å². The molecular weight excluding hydrogens is 408 g/mol. The molecular formula is C24H26N4O4. The lowest BCUT2D eigenvalue weighted by Gasteiger charge is -2.38. The molecule has 1 aromatic heterocycles. The third-order valence-corrected chi connectivity index (χ3v) is 6.05. The second-order valence-corrected chi connectivity index (χ2v) is 8.21. The smallest absolute Gasteiger partial charge is 0.267 e. The maximum atomic E-state index is 13.0. The summed E-state index contributed by atoms with van der Waals surface area (Å²) in [7, 11) is 0. The maximum Gasteiger partial charge on any atom is 0.267 e. The highest BCUT2D eigenvalue weighted by molar-refractivity contribution is 5.82. The van der Waals surface area contributed by atoms with Gasteiger partial charge in [0.25, 0.3) is 5.91 Å². The number of para-hydroxylation sites is 2. The molecule has 0 spiro atoms. The maximum absolute atomic E-state index is 13.0. The third kappa shape index (κ3) is 4.05. The van der Waals surface area contributed by atoms with Gasteiger partial charge in [-0.05, 0) is 38.1 Å². The minimum atomic E-state index is -0.609. The molecule has 0 saturated carbocycles. The number of carbonyl (C=O) groups excluding carboxylic acids is 1. The summed E-state index contributed by atoms with van der Waals surface area (Å²) in [5, 5.41) is 8.48. The van der Waals surface area contributed by atoms with Gasteiger partial charge < -0.3 is 18.8 Å². The van der Waals surface area contributed by atoms with Crippen molar-refractivity contribution >= 4 is 5.91 Å². The van der Waals surface area contributed by atoms with Crippen LogP contribution in [0.5, 0.6) is 11.5 Å². The molecule has 2 aliphatic heterocycles. The van der Waals surface area contributed by atoms with E-state index in [0.29, 0.717) is 36.4 Å². The molecule has 5 rings (SSSR count). The van der Waals surface area contributed by atoms with Gasteiger partial charge in [0.15, 0.2) is 11.5 Å². The van der Waals surface area contributed by atoms with Crippen LogP contribution in [0.15, 0.2) is 52.9 Å². The van der Waals surface area contributed by atoms with Gasteiger partial charge in [-0.1, -0.05) is 29.8 Å². The lowest BCUT2D eigenvalue weighted by Crippen LogP contribution is -2.54. The highest BCUT2D eigenvalue weighted by atomic mass is 16.6. The Bertz CT molecular complexity index is 1090. The van der Waals surface area contributed by atoms with Crippen LogP contribution >= 0.6 is 0 Å². The van der Waals surface area contributed by atoms with E-state index < -0.39 is 6.10 Å². The van der Waals surface area contributed by atoms with Crippen LogP contribution in [0.1, 0.15) is 24.4 Å². The molecule has 3 heterocycles. The Labute approximate surface area is 186 Å². The summed E-state index contributed by atoms with van der Waals surface area (Å²) in [6, 6.07) is 15.4. The van der Waals surface area contributed by atoms with Gasteiger partial charge in [0.1, 0.15) is 6.61 Å². The van der Waals surface area contributed by atoms with Crippen molar-refractivity contribution in [2.45, 2.75) is 26.0 Å². The van der Waals surface area contributed by atoms with E-state index in [2.05, 4.69) is 22.0 Å². The minimum Gasteiger partial charge on any atom is -0.485 e. The molecule has 2 aromatic carbocycles. The monoisotopic (exact) mass is 434 g/mol. The number of ether oxygens (including phenoxy) is 2. The van der Waals surface area contributed by atoms with Crippen LogP contribution in [0.4, 0.5) is 0 Å². The molecule has 1 saturated heterocycles. The Hall–Kier alpha value is -3.39. The first-order valence-electron chi connectivity index (χ1n) is 10.9. The Morgan fingerprint density at radius 1 is 1.00 bits per heavy atom. The van der Waals surface area contributed by atoms with E-state index in [1.165, 1.54) is 5.56 Å². The van der Waals surface area contributed by atoms with Gasteiger partial charge in [-0.2, -0.15) is 0 Å². The topological polar surface area (TPSA) is 80.9 Å². The quantitative estimate of drug-likeness (QED) is 0.624. The van der Waals surface area contributed by atoms with Gasteiger partial charge in [0, 0.05) is 31.7 Å². The van der Waals surface area contributed by atoms with Gasteiger partial charge >= 0.3 is 0 Å². The lowest BCUT2D eigenvalue weighted by atomic mass is 10.1. The Balaban J connectivity index is 1.18. The molecule has 2 aliphatic rings. The molecule has 32 heavy (non-hydrogen) atoms. The second-order valence-electron chi connectivity index (χ2n) is 8.21. The molecule has 1 fully saturated rings. The number of benzene rings is 2. The van der Waals surface area contributed by atoms with Gasteiger partial charge in [-0.15, -0.1) is 10.2 Å². The predicted octanol–water partition coefficient (Wildman–Crippen LogP) is 3.09. The number of aryl methyl sites for hydroxylation is 1. The van der Waals surface area contributed by atoms with Gasteiger partial charge in [-0.3, -0.25) is 9.69 Å². The number of rotatable bonds is 4. The number of amides is 1. The number of aromatic nitrogens is 2. The van der Waals surface area contributed by atoms with E-state index in [1.54, 1.807) is 0 Å². The van der Waals surface area contributed by atoms with Crippen LogP contribution in [0.25, 0.3) is 11.5 Å². The summed E-state index contributed by atoms with van der Waals surface area (Å²) >= 11 is 0. The molecule has 8 nitrogen and oxygen atoms in total. The predicted molar refractivity (Wildman–Crippen MR) is 117 cm³/mol. The highest BCUT2D eigenvalue weighted by Gasteiger charge is 2.34. The summed E-state index contributed by atoms with van der Waals surface area (Å²) in [6.45, 7) is 7.00. The van der Waals surface area contributed by atoms with E-state index in [9.17, 15) is 4.79 Å². The molecule has 0 radical (unpaired) electrons. The number of piperazine rings is 1. The van der Waals surface area contributed by atoms with E-state index in [4.69, 9.17) is 13.9 Å². The van der Waals surface area contributed by atoms with Crippen LogP contribution in [0.3, 0.4) is 0 Å². The summed E-state index contributed by atoms with van der Waals surface area (Å²) in [5.41, 5.74) is 2.09. The van der Waals surface area contributed by atoms with Crippen molar-refractivity contribution in [2.24, 2.45) is 0 Å². The van der Waals surface area contributed by atoms with Crippen molar-refractivity contribution in [3.63, 3.8) is 0 Å². The zero-order chi connectivity index (χ0) is 22.1. The van der Waals surface area contributed by atoms with Crippen molar-refractivity contribution in [1.82, 2.24) is 20.0 Å². The van der Waals surface area contributed by atoms with Crippen LogP contribution < -0.4 is 9.47 Å². The van der Waals surface area contributed by atoms with E-state index in [-0.39, 0.29) is 18.6 Å². The Kier molecular flexibility index (Phi) is 5.53. The Morgan fingerprint density at radius 2 is 1.72 bits per heavy atom. The molecule has 0 aliphatic carbocycles. The SMILES string of the molecule is Cc1ccc(-c2nnc([C@@H](C)N3CCN(C(=O)[C@@H]4COc5ccccc5O4)CC3)o2)cc1. The molecule has 166 valence electrons. The van der Waals surface area contributed by atoms with E-state index in [0.717, 1.165) is 18.7 Å². The second kappa shape index (κ2) is 8.63. The summed E-state index contributed by atoms with van der Waals surface area (Å²) in [6.07, 6.45) is -0.609. The lowest BCUT2D eigenvalue weighted by molar-refractivity contribution is -0.143. The summed E-state index contributed by atoms with van der Waals surface area (Å²) in [5.74, 6) is 2.37. The van der Waals surface area contributed by atoms with E-state index in [1.807, 2.05) is 60.4 Å². The van der Waals surface area contributed by atoms with Crippen molar-refractivity contribution in [1.29, 1.82) is 0 Å².